The fourth-order valence-electron chi connectivity index (χ4n) is 11.1. The smallest absolute Gasteiger partial charge is 0.344 e. The van der Waals surface area contributed by atoms with Crippen molar-refractivity contribution in [2.24, 2.45) is 16.3 Å². The van der Waals surface area contributed by atoms with Gasteiger partial charge in [0, 0.05) is 66.2 Å². The Hall–Kier alpha value is -6.54. The number of sulfonamides is 1. The van der Waals surface area contributed by atoms with E-state index in [-0.39, 0.29) is 83.9 Å². The van der Waals surface area contributed by atoms with Gasteiger partial charge < -0.3 is 19.7 Å². The normalized spacial score (nSPS) is 19.3. The number of ether oxygens (including phenoxy) is 2. The minimum atomic E-state index is -4.06. The summed E-state index contributed by atoms with van der Waals surface area (Å²) in [6.07, 6.45) is 4.36. The van der Waals surface area contributed by atoms with Crippen molar-refractivity contribution < 1.29 is 51.0 Å². The van der Waals surface area contributed by atoms with Gasteiger partial charge in [0.1, 0.15) is 22.4 Å². The number of anilines is 2. The van der Waals surface area contributed by atoms with E-state index in [2.05, 4.69) is 10.6 Å². The lowest BCUT2D eigenvalue weighted by Crippen LogP contribution is -2.53. The first kappa shape index (κ1) is 57.2. The van der Waals surface area contributed by atoms with E-state index in [0.717, 1.165) is 21.9 Å². The molecular formula is C59H66ClFN6O10S2. The van der Waals surface area contributed by atoms with Gasteiger partial charge in [0.05, 0.1) is 32.6 Å². The van der Waals surface area contributed by atoms with Crippen LogP contribution < -0.4 is 20.3 Å². The maximum absolute atomic E-state index is 16.3. The van der Waals surface area contributed by atoms with Crippen LogP contribution in [0.15, 0.2) is 77.8 Å². The number of rotatable bonds is 14. The Balaban J connectivity index is 0.814. The number of amides is 5. The fraction of sp³-hybridized carbons (Fsp3) is 0.441. The van der Waals surface area contributed by atoms with Gasteiger partial charge in [-0.1, -0.05) is 74.8 Å². The molecule has 5 aromatic rings. The lowest BCUT2D eigenvalue weighted by molar-refractivity contribution is -0.157. The van der Waals surface area contributed by atoms with Crippen molar-refractivity contribution in [1.29, 1.82) is 0 Å². The second-order valence-corrected chi connectivity index (χ2v) is 26.8. The van der Waals surface area contributed by atoms with Gasteiger partial charge in [0.25, 0.3) is 5.91 Å². The zero-order chi connectivity index (χ0) is 56.9. The number of imide groups is 1. The van der Waals surface area contributed by atoms with Gasteiger partial charge >= 0.3 is 12.0 Å². The van der Waals surface area contributed by atoms with Crippen molar-refractivity contribution in [2.75, 3.05) is 36.5 Å². The molecule has 4 aromatic carbocycles. The van der Waals surface area contributed by atoms with Gasteiger partial charge in [-0.25, -0.2) is 22.4 Å². The maximum Gasteiger partial charge on any atom is 0.344 e. The molecule has 5 amide bonds. The number of carbonyl (C=O) groups excluding carboxylic acids is 6. The Morgan fingerprint density at radius 1 is 0.937 bits per heavy atom. The Morgan fingerprint density at radius 2 is 1.66 bits per heavy atom. The number of hydrogen-bond donors (Lipinski definition) is 2. The van der Waals surface area contributed by atoms with E-state index in [1.807, 2.05) is 89.4 Å². The highest BCUT2D eigenvalue weighted by Gasteiger charge is 2.43. The third-order valence-electron chi connectivity index (χ3n) is 15.0. The number of piperidine rings is 3. The second kappa shape index (κ2) is 22.2. The molecule has 16 nitrogen and oxygen atoms in total. The highest BCUT2D eigenvalue weighted by Crippen LogP contribution is 2.48. The van der Waals surface area contributed by atoms with Crippen molar-refractivity contribution >= 4 is 103 Å². The van der Waals surface area contributed by atoms with Crippen LogP contribution in [0.2, 0.25) is 5.02 Å². The lowest BCUT2D eigenvalue weighted by Gasteiger charge is -2.43. The van der Waals surface area contributed by atoms with Crippen LogP contribution in [0.5, 0.6) is 5.75 Å². The van der Waals surface area contributed by atoms with E-state index in [0.29, 0.717) is 65.5 Å². The molecule has 1 aromatic heterocycles. The summed E-state index contributed by atoms with van der Waals surface area (Å²) >= 11 is 8.28. The van der Waals surface area contributed by atoms with Crippen LogP contribution in [0.1, 0.15) is 126 Å². The van der Waals surface area contributed by atoms with Gasteiger partial charge in [-0.15, -0.1) is 11.3 Å². The molecule has 9 rings (SSSR count). The first-order valence-electron chi connectivity index (χ1n) is 26.6. The molecule has 0 radical (unpaired) electrons. The number of esters is 1. The van der Waals surface area contributed by atoms with Crippen LogP contribution in [0.25, 0.3) is 21.2 Å². The SMILES string of the molecule is CC(C)(C)OC(=O)COc1c(CC(=O)C(C)(C)C)sc(-c2cccc(N=CC3CCN(S(=O)(=O)Cc4cccc(NC(=O)N5CCC(c6ccc7c8c(cccc68)C(=O)N7[C@@H]6CCC(=O)NC6=O)CC5)c4F)C(C)(C)C3)c2)c1Cl. The van der Waals surface area contributed by atoms with E-state index < -0.39 is 62.1 Å². The molecule has 3 fully saturated rings. The Morgan fingerprint density at radius 3 is 2.35 bits per heavy atom. The quantitative estimate of drug-likeness (QED) is 0.0612. The van der Waals surface area contributed by atoms with Crippen LogP contribution in [-0.2, 0) is 46.1 Å². The van der Waals surface area contributed by atoms with Crippen LogP contribution in [0.3, 0.4) is 0 Å². The zero-order valence-corrected chi connectivity index (χ0v) is 48.1. The molecule has 79 heavy (non-hydrogen) atoms. The number of urea groups is 1. The molecule has 0 bridgehead atoms. The molecule has 2 atom stereocenters. The summed E-state index contributed by atoms with van der Waals surface area (Å²) in [5, 5.41) is 6.96. The number of ketones is 1. The summed E-state index contributed by atoms with van der Waals surface area (Å²) in [6.45, 7) is 15.0. The summed E-state index contributed by atoms with van der Waals surface area (Å²) in [6, 6.07) is 19.8. The number of benzene rings is 4. The van der Waals surface area contributed by atoms with Crippen molar-refractivity contribution in [1.82, 2.24) is 14.5 Å². The highest BCUT2D eigenvalue weighted by molar-refractivity contribution is 7.88. The second-order valence-electron chi connectivity index (χ2n) is 23.5. The number of likely N-dealkylation sites (tertiary alicyclic amines) is 1. The van der Waals surface area contributed by atoms with E-state index in [1.54, 1.807) is 31.7 Å². The number of nitrogens with zero attached hydrogens (tertiary/aromatic N) is 4. The standard InChI is InChI=1S/C59H66ClFN6O10S2/c1-57(2,3)46(68)29-45-52(76-32-48(70)77-58(4,5)6)50(60)53(78-45)36-12-9-14-38(28-36)62-31-34-22-27-66(59(7,8)30-34)79(74,75)33-37-13-10-17-42(51(37)61)63-56(73)65-25-23-35(24-26-65)39-18-19-43-49-40(39)15-11-16-41(49)55(72)67(43)44-20-21-47(69)64-54(44)71/h9-19,28,31,34-35,44H,20-27,29-30,32-33H2,1-8H3,(H,63,73)(H,64,69,71)/t34?,44-/m1/s1. The van der Waals surface area contributed by atoms with Gasteiger partial charge in [-0.05, 0) is 125 Å². The first-order valence-corrected chi connectivity index (χ1v) is 29.4. The average Bonchev–Trinajstić information content (AvgIpc) is 4.08. The molecule has 418 valence electrons. The van der Waals surface area contributed by atoms with Crippen LogP contribution in [-0.4, -0.2) is 103 Å². The number of carbonyl (C=O) groups is 6. The summed E-state index contributed by atoms with van der Waals surface area (Å²) in [5.41, 5.74) is 1.11. The molecule has 4 aliphatic rings. The molecule has 0 saturated carbocycles. The van der Waals surface area contributed by atoms with E-state index in [1.165, 1.54) is 38.7 Å². The first-order chi connectivity index (χ1) is 37.2. The van der Waals surface area contributed by atoms with Crippen molar-refractivity contribution in [3.63, 3.8) is 0 Å². The topological polar surface area (TPSA) is 201 Å². The molecule has 20 heteroatoms. The molecule has 1 unspecified atom stereocenters. The van der Waals surface area contributed by atoms with E-state index in [4.69, 9.17) is 26.1 Å². The summed E-state index contributed by atoms with van der Waals surface area (Å²) in [5.74, 6) is -2.96. The number of thiophene rings is 1. The third-order valence-corrected chi connectivity index (χ3v) is 18.7. The van der Waals surface area contributed by atoms with Gasteiger partial charge in [-0.3, -0.25) is 34.4 Å². The van der Waals surface area contributed by atoms with Crippen LogP contribution in [0.4, 0.5) is 26.2 Å². The van der Waals surface area contributed by atoms with Crippen LogP contribution >= 0.6 is 22.9 Å². The molecule has 0 spiro atoms. The Labute approximate surface area is 469 Å². The predicted molar refractivity (Wildman–Crippen MR) is 304 cm³/mol. The predicted octanol–water partition coefficient (Wildman–Crippen LogP) is 11.1. The van der Waals surface area contributed by atoms with Crippen molar-refractivity contribution in [3.05, 3.63) is 105 Å². The summed E-state index contributed by atoms with van der Waals surface area (Å²) in [7, 11) is -4.06. The summed E-state index contributed by atoms with van der Waals surface area (Å²) < 4.78 is 57.4. The van der Waals surface area contributed by atoms with E-state index in [9.17, 15) is 37.2 Å². The Kier molecular flexibility index (Phi) is 16.1. The molecule has 2 N–H and O–H groups in total. The fourth-order valence-corrected chi connectivity index (χ4v) is 14.6. The van der Waals surface area contributed by atoms with Crippen molar-refractivity contribution in [2.45, 2.75) is 129 Å². The number of nitrogens with one attached hydrogen (secondary N) is 2. The molecule has 5 heterocycles. The number of Topliss-reactive ketones (excluding diaryl/α,β-unsaturated/α-hetero) is 1. The zero-order valence-electron chi connectivity index (χ0n) is 45.7. The van der Waals surface area contributed by atoms with Gasteiger partial charge in [0.2, 0.25) is 21.8 Å². The highest BCUT2D eigenvalue weighted by atomic mass is 35.5. The summed E-state index contributed by atoms with van der Waals surface area (Å²) in [4.78, 5) is 87.0. The monoisotopic (exact) mass is 1140 g/mol. The molecule has 0 aliphatic carbocycles. The molecular weight excluding hydrogens is 1070 g/mol. The van der Waals surface area contributed by atoms with Gasteiger partial charge in [0.15, 0.2) is 18.2 Å². The number of halogens is 2. The average molecular weight is 1140 g/mol. The third kappa shape index (κ3) is 12.3. The molecule has 4 aliphatic heterocycles. The number of hydrogen-bond acceptors (Lipinski definition) is 12. The van der Waals surface area contributed by atoms with E-state index >= 15 is 4.39 Å². The minimum Gasteiger partial charge on any atom is -0.479 e. The van der Waals surface area contributed by atoms with Crippen molar-refractivity contribution in [3.8, 4) is 16.2 Å². The maximum atomic E-state index is 16.3. The largest absolute Gasteiger partial charge is 0.479 e. The lowest BCUT2D eigenvalue weighted by atomic mass is 9.85. The Bertz CT molecular complexity index is 3430. The van der Waals surface area contributed by atoms with Crippen LogP contribution in [0, 0.1) is 17.2 Å². The molecule has 3 saturated heterocycles. The minimum absolute atomic E-state index is 0.0225. The van der Waals surface area contributed by atoms with Gasteiger partial charge in [-0.2, -0.15) is 4.31 Å². The number of aliphatic imine (C=N–C) groups is 1.